The van der Waals surface area contributed by atoms with Crippen molar-refractivity contribution < 1.29 is 18.0 Å². The van der Waals surface area contributed by atoms with Crippen LogP contribution < -0.4 is 0 Å². The van der Waals surface area contributed by atoms with Crippen molar-refractivity contribution in [3.8, 4) is 0 Å². The second-order valence-electron chi connectivity index (χ2n) is 7.27. The summed E-state index contributed by atoms with van der Waals surface area (Å²) in [7, 11) is -3.50. The van der Waals surface area contributed by atoms with Gasteiger partial charge in [-0.25, -0.2) is 8.42 Å². The summed E-state index contributed by atoms with van der Waals surface area (Å²) >= 11 is 0. The Morgan fingerprint density at radius 2 is 1.41 bits per heavy atom. The molecule has 0 aliphatic carbocycles. The van der Waals surface area contributed by atoms with E-state index >= 15 is 0 Å². The molecule has 2 aromatic carbocycles. The number of benzene rings is 2. The van der Waals surface area contributed by atoms with Gasteiger partial charge in [0.05, 0.1) is 16.2 Å². The van der Waals surface area contributed by atoms with E-state index in [1.807, 2.05) is 31.2 Å². The SMILES string of the molecule is CCCS(=O)(=O)c1ccccc1C(=O)N1CCN(C(=O)c2ccc(C)cc2)CC1. The molecule has 154 valence electrons. The molecule has 0 spiro atoms. The van der Waals surface area contributed by atoms with Gasteiger partial charge in [-0.15, -0.1) is 0 Å². The minimum Gasteiger partial charge on any atom is -0.335 e. The molecule has 0 bridgehead atoms. The van der Waals surface area contributed by atoms with Gasteiger partial charge in [0, 0.05) is 31.7 Å². The molecular weight excluding hydrogens is 388 g/mol. The van der Waals surface area contributed by atoms with E-state index in [-0.39, 0.29) is 28.0 Å². The average molecular weight is 415 g/mol. The molecule has 29 heavy (non-hydrogen) atoms. The van der Waals surface area contributed by atoms with Crippen molar-refractivity contribution in [3.63, 3.8) is 0 Å². The summed E-state index contributed by atoms with van der Waals surface area (Å²) in [6.07, 6.45) is 0.491. The number of piperazine rings is 1. The molecule has 3 rings (SSSR count). The molecule has 7 heteroatoms. The zero-order valence-corrected chi connectivity index (χ0v) is 17.6. The lowest BCUT2D eigenvalue weighted by Gasteiger charge is -2.35. The van der Waals surface area contributed by atoms with Crippen molar-refractivity contribution in [2.24, 2.45) is 0 Å². The van der Waals surface area contributed by atoms with Crippen LogP contribution in [0.3, 0.4) is 0 Å². The van der Waals surface area contributed by atoms with Crippen LogP contribution in [0.2, 0.25) is 0 Å². The lowest BCUT2D eigenvalue weighted by molar-refractivity contribution is 0.0533. The molecule has 2 aromatic rings. The van der Waals surface area contributed by atoms with Crippen LogP contribution in [-0.4, -0.2) is 62.0 Å². The molecule has 1 aliphatic heterocycles. The maximum atomic E-state index is 13.0. The number of amides is 2. The van der Waals surface area contributed by atoms with Crippen LogP contribution in [0, 0.1) is 6.92 Å². The lowest BCUT2D eigenvalue weighted by atomic mass is 10.1. The van der Waals surface area contributed by atoms with Gasteiger partial charge in [0.25, 0.3) is 11.8 Å². The van der Waals surface area contributed by atoms with Gasteiger partial charge < -0.3 is 9.80 Å². The third kappa shape index (κ3) is 4.67. The summed E-state index contributed by atoms with van der Waals surface area (Å²) < 4.78 is 25.1. The zero-order valence-electron chi connectivity index (χ0n) is 16.8. The van der Waals surface area contributed by atoms with Crippen molar-refractivity contribution in [2.45, 2.75) is 25.2 Å². The largest absolute Gasteiger partial charge is 0.335 e. The van der Waals surface area contributed by atoms with Crippen LogP contribution in [0.15, 0.2) is 53.4 Å². The third-order valence-corrected chi connectivity index (χ3v) is 7.05. The van der Waals surface area contributed by atoms with Crippen LogP contribution >= 0.6 is 0 Å². The van der Waals surface area contributed by atoms with E-state index in [4.69, 9.17) is 0 Å². The first-order valence-corrected chi connectivity index (χ1v) is 11.5. The number of hydrogen-bond acceptors (Lipinski definition) is 4. The number of carbonyl (C=O) groups excluding carboxylic acids is 2. The molecule has 1 fully saturated rings. The van der Waals surface area contributed by atoms with E-state index in [9.17, 15) is 18.0 Å². The van der Waals surface area contributed by atoms with E-state index in [0.29, 0.717) is 38.2 Å². The summed E-state index contributed by atoms with van der Waals surface area (Å²) in [5, 5.41) is 0. The topological polar surface area (TPSA) is 74.8 Å². The van der Waals surface area contributed by atoms with Gasteiger partial charge in [-0.2, -0.15) is 0 Å². The minimum atomic E-state index is -3.50. The first-order valence-electron chi connectivity index (χ1n) is 9.80. The van der Waals surface area contributed by atoms with Gasteiger partial charge in [-0.05, 0) is 37.6 Å². The number of aryl methyl sites for hydroxylation is 1. The summed E-state index contributed by atoms with van der Waals surface area (Å²) in [5.74, 6) is -0.346. The summed E-state index contributed by atoms with van der Waals surface area (Å²) in [6, 6.07) is 13.8. The van der Waals surface area contributed by atoms with E-state index in [1.54, 1.807) is 34.9 Å². The number of carbonyl (C=O) groups is 2. The predicted molar refractivity (Wildman–Crippen MR) is 112 cm³/mol. The van der Waals surface area contributed by atoms with E-state index in [0.717, 1.165) is 5.56 Å². The van der Waals surface area contributed by atoms with Crippen LogP contribution in [0.25, 0.3) is 0 Å². The Hall–Kier alpha value is -2.67. The third-order valence-electron chi connectivity index (χ3n) is 5.08. The first-order chi connectivity index (χ1) is 13.8. The molecule has 1 aliphatic rings. The highest BCUT2D eigenvalue weighted by atomic mass is 32.2. The molecule has 1 saturated heterocycles. The molecule has 0 atom stereocenters. The molecule has 0 aromatic heterocycles. The fourth-order valence-electron chi connectivity index (χ4n) is 3.45. The molecular formula is C22H26N2O4S. The Bertz CT molecular complexity index is 992. The van der Waals surface area contributed by atoms with Gasteiger partial charge in [-0.3, -0.25) is 9.59 Å². The Morgan fingerprint density at radius 1 is 0.862 bits per heavy atom. The minimum absolute atomic E-state index is 0.0100. The van der Waals surface area contributed by atoms with Crippen molar-refractivity contribution in [1.82, 2.24) is 9.80 Å². The summed E-state index contributed by atoms with van der Waals surface area (Å²) in [4.78, 5) is 29.1. The summed E-state index contributed by atoms with van der Waals surface area (Å²) in [6.45, 7) is 5.35. The number of hydrogen-bond donors (Lipinski definition) is 0. The highest BCUT2D eigenvalue weighted by Gasteiger charge is 2.29. The molecule has 0 unspecified atom stereocenters. The van der Waals surface area contributed by atoms with E-state index in [2.05, 4.69) is 0 Å². The zero-order chi connectivity index (χ0) is 21.0. The second-order valence-corrected chi connectivity index (χ2v) is 9.34. The summed E-state index contributed by atoms with van der Waals surface area (Å²) in [5.41, 5.74) is 1.93. The molecule has 0 N–H and O–H groups in total. The number of nitrogens with zero attached hydrogens (tertiary/aromatic N) is 2. The Kier molecular flexibility index (Phi) is 6.37. The molecule has 1 heterocycles. The van der Waals surface area contributed by atoms with Gasteiger partial charge in [0.1, 0.15) is 0 Å². The van der Waals surface area contributed by atoms with Gasteiger partial charge in [0.2, 0.25) is 0 Å². The normalized spacial score (nSPS) is 14.7. The monoisotopic (exact) mass is 414 g/mol. The van der Waals surface area contributed by atoms with Crippen LogP contribution in [0.4, 0.5) is 0 Å². The number of sulfone groups is 1. The van der Waals surface area contributed by atoms with Gasteiger partial charge in [0.15, 0.2) is 9.84 Å². The molecule has 0 radical (unpaired) electrons. The second kappa shape index (κ2) is 8.78. The highest BCUT2D eigenvalue weighted by Crippen LogP contribution is 2.21. The Morgan fingerprint density at radius 3 is 2.00 bits per heavy atom. The van der Waals surface area contributed by atoms with Crippen molar-refractivity contribution in [2.75, 3.05) is 31.9 Å². The molecule has 2 amide bonds. The van der Waals surface area contributed by atoms with Crippen LogP contribution in [0.1, 0.15) is 39.6 Å². The highest BCUT2D eigenvalue weighted by molar-refractivity contribution is 7.91. The average Bonchev–Trinajstić information content (AvgIpc) is 2.73. The first kappa shape index (κ1) is 21.0. The fraction of sp³-hybridized carbons (Fsp3) is 0.364. The van der Waals surface area contributed by atoms with Crippen LogP contribution in [-0.2, 0) is 9.84 Å². The van der Waals surface area contributed by atoms with Gasteiger partial charge >= 0.3 is 0 Å². The molecule has 6 nitrogen and oxygen atoms in total. The van der Waals surface area contributed by atoms with E-state index < -0.39 is 9.84 Å². The van der Waals surface area contributed by atoms with Gasteiger partial charge in [-0.1, -0.05) is 36.8 Å². The molecule has 0 saturated carbocycles. The smallest absolute Gasteiger partial charge is 0.255 e. The van der Waals surface area contributed by atoms with E-state index in [1.165, 1.54) is 6.07 Å². The maximum Gasteiger partial charge on any atom is 0.255 e. The van der Waals surface area contributed by atoms with Crippen molar-refractivity contribution in [1.29, 1.82) is 0 Å². The standard InChI is InChI=1S/C22H26N2O4S/c1-3-16-29(27,28)20-7-5-4-6-19(20)22(26)24-14-12-23(13-15-24)21(25)18-10-8-17(2)9-11-18/h4-11H,3,12-16H2,1-2H3. The number of rotatable bonds is 5. The van der Waals surface area contributed by atoms with Crippen molar-refractivity contribution in [3.05, 3.63) is 65.2 Å². The Balaban J connectivity index is 1.71. The van der Waals surface area contributed by atoms with Crippen LogP contribution in [0.5, 0.6) is 0 Å². The maximum absolute atomic E-state index is 13.0. The Labute approximate surface area is 172 Å². The quantitative estimate of drug-likeness (QED) is 0.754. The van der Waals surface area contributed by atoms with Crippen molar-refractivity contribution >= 4 is 21.7 Å². The predicted octanol–water partition coefficient (Wildman–Crippen LogP) is 2.78. The lowest BCUT2D eigenvalue weighted by Crippen LogP contribution is -2.50. The fourth-order valence-corrected chi connectivity index (χ4v) is 4.99.